The number of aliphatic hydroxyl groups excluding tert-OH is 1. The Labute approximate surface area is 99.5 Å². The van der Waals surface area contributed by atoms with Crippen LogP contribution in [0, 0.1) is 0 Å². The van der Waals surface area contributed by atoms with Crippen LogP contribution < -0.4 is 5.32 Å². The average Bonchev–Trinajstić information content (AvgIpc) is 2.70. The van der Waals surface area contributed by atoms with E-state index in [4.69, 9.17) is 5.11 Å². The second-order valence-electron chi connectivity index (χ2n) is 3.96. The zero-order chi connectivity index (χ0) is 12.1. The molecule has 92 valence electrons. The molecule has 0 aliphatic rings. The van der Waals surface area contributed by atoms with Gasteiger partial charge in [-0.3, -0.25) is 0 Å². The van der Waals surface area contributed by atoms with Gasteiger partial charge in [-0.05, 0) is 25.1 Å². The van der Waals surface area contributed by atoms with E-state index in [1.165, 1.54) is 0 Å². The smallest absolute Gasteiger partial charge is 0.117 e. The Kier molecular flexibility index (Phi) is 3.95. The first-order valence-corrected chi connectivity index (χ1v) is 5.79. The summed E-state index contributed by atoms with van der Waals surface area (Å²) in [5.41, 5.74) is 1.73. The number of H-pyrrole nitrogens is 1. The van der Waals surface area contributed by atoms with Gasteiger partial charge < -0.3 is 20.5 Å². The Morgan fingerprint density at radius 3 is 3.00 bits per heavy atom. The summed E-state index contributed by atoms with van der Waals surface area (Å²) in [6, 6.07) is 5.10. The average molecular weight is 235 g/mol. The predicted molar refractivity (Wildman–Crippen MR) is 66.0 cm³/mol. The molecular formula is C12H17N3O2. The summed E-state index contributed by atoms with van der Waals surface area (Å²) >= 11 is 0. The molecule has 0 aliphatic heterocycles. The molecule has 0 spiro atoms. The molecule has 0 amide bonds. The Balaban J connectivity index is 1.91. The van der Waals surface area contributed by atoms with Crippen LogP contribution in [0.25, 0.3) is 11.0 Å². The van der Waals surface area contributed by atoms with Gasteiger partial charge in [-0.25, -0.2) is 4.98 Å². The Bertz CT molecular complexity index is 482. The van der Waals surface area contributed by atoms with Gasteiger partial charge in [0.1, 0.15) is 11.6 Å². The number of hydrogen-bond acceptors (Lipinski definition) is 4. The standard InChI is InChI=1S/C12H17N3O2/c16-7-1-5-13-6-4-12-14-10-3-2-9(17)8-11(10)15-12/h2-3,8,13,16-17H,1,4-7H2,(H,14,15). The minimum absolute atomic E-state index is 0.219. The van der Waals surface area contributed by atoms with Crippen LogP contribution in [0.2, 0.25) is 0 Å². The maximum absolute atomic E-state index is 9.33. The van der Waals surface area contributed by atoms with Crippen molar-refractivity contribution in [1.29, 1.82) is 0 Å². The summed E-state index contributed by atoms with van der Waals surface area (Å²) in [4.78, 5) is 7.58. The number of rotatable bonds is 6. The highest BCUT2D eigenvalue weighted by Gasteiger charge is 2.02. The fourth-order valence-electron chi connectivity index (χ4n) is 1.70. The van der Waals surface area contributed by atoms with Gasteiger partial charge in [0.05, 0.1) is 11.0 Å². The van der Waals surface area contributed by atoms with E-state index in [0.717, 1.165) is 42.8 Å². The molecule has 2 aromatic rings. The zero-order valence-electron chi connectivity index (χ0n) is 9.61. The van der Waals surface area contributed by atoms with E-state index in [2.05, 4.69) is 15.3 Å². The number of fused-ring (bicyclic) bond motifs is 1. The molecule has 1 heterocycles. The molecule has 5 nitrogen and oxygen atoms in total. The van der Waals surface area contributed by atoms with Crippen LogP contribution in [0.1, 0.15) is 12.2 Å². The molecule has 0 saturated heterocycles. The largest absolute Gasteiger partial charge is 0.508 e. The van der Waals surface area contributed by atoms with E-state index >= 15 is 0 Å². The minimum Gasteiger partial charge on any atom is -0.508 e. The quantitative estimate of drug-likeness (QED) is 0.558. The number of aromatic hydroxyl groups is 1. The monoisotopic (exact) mass is 235 g/mol. The Morgan fingerprint density at radius 1 is 1.29 bits per heavy atom. The van der Waals surface area contributed by atoms with Crippen molar-refractivity contribution in [2.75, 3.05) is 19.7 Å². The van der Waals surface area contributed by atoms with Crippen molar-refractivity contribution in [3.05, 3.63) is 24.0 Å². The van der Waals surface area contributed by atoms with Crippen molar-refractivity contribution < 1.29 is 10.2 Å². The summed E-state index contributed by atoms with van der Waals surface area (Å²) < 4.78 is 0. The third-order valence-electron chi connectivity index (χ3n) is 2.56. The lowest BCUT2D eigenvalue weighted by Gasteiger charge is -2.00. The lowest BCUT2D eigenvalue weighted by atomic mass is 10.3. The predicted octanol–water partition coefficient (Wildman–Crippen LogP) is 0.783. The molecule has 17 heavy (non-hydrogen) atoms. The molecule has 0 bridgehead atoms. The van der Waals surface area contributed by atoms with E-state index in [9.17, 15) is 5.11 Å². The second kappa shape index (κ2) is 5.65. The van der Waals surface area contributed by atoms with E-state index in [0.29, 0.717) is 0 Å². The number of aliphatic hydroxyl groups is 1. The van der Waals surface area contributed by atoms with Crippen LogP contribution in [-0.2, 0) is 6.42 Å². The zero-order valence-corrected chi connectivity index (χ0v) is 9.61. The highest BCUT2D eigenvalue weighted by atomic mass is 16.3. The van der Waals surface area contributed by atoms with Crippen molar-refractivity contribution in [2.24, 2.45) is 0 Å². The number of aromatic nitrogens is 2. The number of nitrogens with zero attached hydrogens (tertiary/aromatic N) is 1. The van der Waals surface area contributed by atoms with E-state index in [1.807, 2.05) is 0 Å². The summed E-state index contributed by atoms with van der Waals surface area (Å²) in [5.74, 6) is 1.15. The van der Waals surface area contributed by atoms with Gasteiger partial charge in [0.25, 0.3) is 0 Å². The van der Waals surface area contributed by atoms with Gasteiger partial charge in [-0.2, -0.15) is 0 Å². The van der Waals surface area contributed by atoms with Crippen LogP contribution in [0.4, 0.5) is 0 Å². The molecule has 0 unspecified atom stereocenters. The normalized spacial score (nSPS) is 11.1. The van der Waals surface area contributed by atoms with Crippen molar-refractivity contribution in [3.8, 4) is 5.75 Å². The fourth-order valence-corrected chi connectivity index (χ4v) is 1.70. The summed E-state index contributed by atoms with van der Waals surface area (Å²) in [6.07, 6.45) is 1.58. The van der Waals surface area contributed by atoms with Crippen LogP contribution in [0.15, 0.2) is 18.2 Å². The van der Waals surface area contributed by atoms with Crippen LogP contribution in [-0.4, -0.2) is 39.9 Å². The third kappa shape index (κ3) is 3.18. The highest BCUT2D eigenvalue weighted by molar-refractivity contribution is 5.76. The molecule has 2 rings (SSSR count). The SMILES string of the molecule is OCCCNCCc1nc2ccc(O)cc2[nH]1. The van der Waals surface area contributed by atoms with Gasteiger partial charge in [0.2, 0.25) is 0 Å². The van der Waals surface area contributed by atoms with Crippen molar-refractivity contribution in [1.82, 2.24) is 15.3 Å². The van der Waals surface area contributed by atoms with Gasteiger partial charge in [0.15, 0.2) is 0 Å². The summed E-state index contributed by atoms with van der Waals surface area (Å²) in [6.45, 7) is 1.86. The molecule has 5 heteroatoms. The van der Waals surface area contributed by atoms with Crippen molar-refractivity contribution in [3.63, 3.8) is 0 Å². The topological polar surface area (TPSA) is 81.2 Å². The molecule has 0 radical (unpaired) electrons. The van der Waals surface area contributed by atoms with Crippen LogP contribution in [0.3, 0.4) is 0 Å². The van der Waals surface area contributed by atoms with Gasteiger partial charge in [-0.1, -0.05) is 0 Å². The molecule has 0 aliphatic carbocycles. The van der Waals surface area contributed by atoms with E-state index in [-0.39, 0.29) is 12.4 Å². The lowest BCUT2D eigenvalue weighted by Crippen LogP contribution is -2.19. The first kappa shape index (κ1) is 11.9. The number of hydrogen-bond donors (Lipinski definition) is 4. The minimum atomic E-state index is 0.219. The van der Waals surface area contributed by atoms with Crippen molar-refractivity contribution >= 4 is 11.0 Å². The molecule has 4 N–H and O–H groups in total. The highest BCUT2D eigenvalue weighted by Crippen LogP contribution is 2.17. The number of aromatic amines is 1. The van der Waals surface area contributed by atoms with Crippen LogP contribution in [0.5, 0.6) is 5.75 Å². The summed E-state index contributed by atoms with van der Waals surface area (Å²) in [5, 5.41) is 21.2. The molecular weight excluding hydrogens is 218 g/mol. The van der Waals surface area contributed by atoms with E-state index < -0.39 is 0 Å². The van der Waals surface area contributed by atoms with Gasteiger partial charge >= 0.3 is 0 Å². The number of nitrogens with one attached hydrogen (secondary N) is 2. The molecule has 1 aromatic carbocycles. The Hall–Kier alpha value is -1.59. The maximum atomic E-state index is 9.33. The van der Waals surface area contributed by atoms with Crippen LogP contribution >= 0.6 is 0 Å². The summed E-state index contributed by atoms with van der Waals surface area (Å²) in [7, 11) is 0. The molecule has 0 fully saturated rings. The maximum Gasteiger partial charge on any atom is 0.117 e. The molecule has 1 aromatic heterocycles. The number of phenols is 1. The Morgan fingerprint density at radius 2 is 2.18 bits per heavy atom. The molecule has 0 saturated carbocycles. The third-order valence-corrected chi connectivity index (χ3v) is 2.56. The van der Waals surface area contributed by atoms with Crippen molar-refractivity contribution in [2.45, 2.75) is 12.8 Å². The molecule has 0 atom stereocenters. The van der Waals surface area contributed by atoms with Gasteiger partial charge in [-0.15, -0.1) is 0 Å². The first-order valence-electron chi connectivity index (χ1n) is 5.79. The first-order chi connectivity index (χ1) is 8.29. The van der Waals surface area contributed by atoms with Gasteiger partial charge in [0, 0.05) is 25.6 Å². The number of benzene rings is 1. The van der Waals surface area contributed by atoms with E-state index in [1.54, 1.807) is 18.2 Å². The second-order valence-corrected chi connectivity index (χ2v) is 3.96. The lowest BCUT2D eigenvalue weighted by molar-refractivity contribution is 0.286. The fraction of sp³-hybridized carbons (Fsp3) is 0.417. The number of phenolic OH excluding ortho intramolecular Hbond substituents is 1. The number of imidazole rings is 1.